The number of hydrogen-bond donors (Lipinski definition) is 2. The molecule has 0 saturated heterocycles. The average Bonchev–Trinajstić information content (AvgIpc) is 2.77. The number of rotatable bonds is 1. The van der Waals surface area contributed by atoms with E-state index in [-0.39, 0.29) is 23.0 Å². The molecule has 0 saturated carbocycles. The Balaban J connectivity index is 1.91. The summed E-state index contributed by atoms with van der Waals surface area (Å²) >= 11 is 0. The topological polar surface area (TPSA) is 49.7 Å². The summed E-state index contributed by atoms with van der Waals surface area (Å²) in [5.74, 6) is 1.16. The van der Waals surface area contributed by atoms with Gasteiger partial charge in [-0.05, 0) is 40.5 Å². The lowest BCUT2D eigenvalue weighted by atomic mass is 9.66. The molecule has 0 fully saturated rings. The number of benzene rings is 2. The molecular formula is C20H22O3. The molecule has 0 aliphatic heterocycles. The smallest absolute Gasteiger partial charge is 0.122 e. The van der Waals surface area contributed by atoms with Crippen molar-refractivity contribution in [3.8, 4) is 11.5 Å². The van der Waals surface area contributed by atoms with Crippen LogP contribution in [-0.4, -0.2) is 17.3 Å². The SMILES string of the molecule is COc1cc(O)c2c(c1)[C@H](O)[C@H]1c3ccccc3C(C)(C)[C@@H]1C2. The quantitative estimate of drug-likeness (QED) is 0.845. The van der Waals surface area contributed by atoms with Gasteiger partial charge in [-0.3, -0.25) is 0 Å². The average molecular weight is 310 g/mol. The van der Waals surface area contributed by atoms with Crippen molar-refractivity contribution in [1.29, 1.82) is 0 Å². The van der Waals surface area contributed by atoms with E-state index < -0.39 is 6.10 Å². The van der Waals surface area contributed by atoms with E-state index in [9.17, 15) is 10.2 Å². The third-order valence-electron chi connectivity index (χ3n) is 5.93. The second kappa shape index (κ2) is 4.75. The number of hydrogen-bond acceptors (Lipinski definition) is 3. The highest BCUT2D eigenvalue weighted by Crippen LogP contribution is 2.59. The summed E-state index contributed by atoms with van der Waals surface area (Å²) < 4.78 is 5.26. The zero-order valence-electron chi connectivity index (χ0n) is 13.7. The summed E-state index contributed by atoms with van der Waals surface area (Å²) in [6.07, 6.45) is 0.154. The summed E-state index contributed by atoms with van der Waals surface area (Å²) in [6, 6.07) is 11.9. The summed E-state index contributed by atoms with van der Waals surface area (Å²) in [5.41, 5.74) is 4.19. The highest BCUT2D eigenvalue weighted by molar-refractivity contribution is 5.54. The van der Waals surface area contributed by atoms with Gasteiger partial charge in [-0.25, -0.2) is 0 Å². The first kappa shape index (κ1) is 14.6. The van der Waals surface area contributed by atoms with E-state index in [1.807, 2.05) is 12.1 Å². The molecule has 2 aliphatic carbocycles. The molecule has 3 atom stereocenters. The maximum atomic E-state index is 11.1. The number of ether oxygens (including phenoxy) is 1. The van der Waals surface area contributed by atoms with Crippen LogP contribution in [0.2, 0.25) is 0 Å². The van der Waals surface area contributed by atoms with Gasteiger partial charge >= 0.3 is 0 Å². The van der Waals surface area contributed by atoms with Crippen molar-refractivity contribution in [3.05, 3.63) is 58.7 Å². The fourth-order valence-corrected chi connectivity index (χ4v) is 4.68. The molecule has 3 nitrogen and oxygen atoms in total. The number of phenols is 1. The van der Waals surface area contributed by atoms with Gasteiger partial charge in [0.25, 0.3) is 0 Å². The number of aromatic hydroxyl groups is 1. The number of aliphatic hydroxyl groups is 1. The van der Waals surface area contributed by atoms with Gasteiger partial charge in [0, 0.05) is 17.5 Å². The minimum atomic E-state index is -0.618. The minimum Gasteiger partial charge on any atom is -0.508 e. The van der Waals surface area contributed by atoms with E-state index in [1.54, 1.807) is 13.2 Å². The molecule has 4 rings (SSSR count). The van der Waals surface area contributed by atoms with Gasteiger partial charge in [0.15, 0.2) is 0 Å². The van der Waals surface area contributed by atoms with Crippen LogP contribution in [0.1, 0.15) is 48.1 Å². The fourth-order valence-electron chi connectivity index (χ4n) is 4.68. The molecule has 0 heterocycles. The zero-order valence-corrected chi connectivity index (χ0v) is 13.7. The molecule has 2 aromatic rings. The standard InChI is InChI=1S/C20H22O3/c1-20(2)15-7-5-4-6-12(15)18-16(20)10-13-14(19(18)22)8-11(23-3)9-17(13)21/h4-9,16,18-19,21-22H,10H2,1-3H3/t16-,18+,19+/m1/s1. The summed E-state index contributed by atoms with van der Waals surface area (Å²) in [4.78, 5) is 0. The minimum absolute atomic E-state index is 0.0215. The molecule has 0 spiro atoms. The molecule has 2 aromatic carbocycles. The van der Waals surface area contributed by atoms with E-state index in [2.05, 4.69) is 32.0 Å². The van der Waals surface area contributed by atoms with Crippen LogP contribution in [0.5, 0.6) is 11.5 Å². The highest BCUT2D eigenvalue weighted by Gasteiger charge is 2.51. The van der Waals surface area contributed by atoms with E-state index in [0.29, 0.717) is 5.75 Å². The van der Waals surface area contributed by atoms with E-state index in [4.69, 9.17) is 4.74 Å². The number of aliphatic hydroxyl groups excluding tert-OH is 1. The maximum Gasteiger partial charge on any atom is 0.122 e. The van der Waals surface area contributed by atoms with Crippen LogP contribution in [0.3, 0.4) is 0 Å². The van der Waals surface area contributed by atoms with Crippen LogP contribution in [0, 0.1) is 5.92 Å². The van der Waals surface area contributed by atoms with Gasteiger partial charge in [-0.2, -0.15) is 0 Å². The van der Waals surface area contributed by atoms with Crippen LogP contribution in [0.15, 0.2) is 36.4 Å². The van der Waals surface area contributed by atoms with Gasteiger partial charge in [0.1, 0.15) is 11.5 Å². The molecule has 3 heteroatoms. The third-order valence-corrected chi connectivity index (χ3v) is 5.93. The molecular weight excluding hydrogens is 288 g/mol. The summed E-state index contributed by atoms with van der Waals surface area (Å²) in [6.45, 7) is 4.49. The van der Waals surface area contributed by atoms with E-state index >= 15 is 0 Å². The number of methoxy groups -OCH3 is 1. The molecule has 0 aromatic heterocycles. The van der Waals surface area contributed by atoms with Crippen molar-refractivity contribution in [1.82, 2.24) is 0 Å². The second-order valence-corrected chi connectivity index (χ2v) is 7.30. The predicted molar refractivity (Wildman–Crippen MR) is 89.0 cm³/mol. The van der Waals surface area contributed by atoms with Gasteiger partial charge < -0.3 is 14.9 Å². The van der Waals surface area contributed by atoms with Crippen molar-refractivity contribution < 1.29 is 14.9 Å². The van der Waals surface area contributed by atoms with Crippen molar-refractivity contribution in [3.63, 3.8) is 0 Å². The molecule has 23 heavy (non-hydrogen) atoms. The second-order valence-electron chi connectivity index (χ2n) is 7.30. The zero-order chi connectivity index (χ0) is 16.4. The number of fused-ring (bicyclic) bond motifs is 4. The number of phenolic OH excluding ortho intramolecular Hbond substituents is 1. The lowest BCUT2D eigenvalue weighted by Gasteiger charge is -2.39. The Labute approximate surface area is 136 Å². The first-order valence-corrected chi connectivity index (χ1v) is 8.12. The van der Waals surface area contributed by atoms with E-state index in [0.717, 1.165) is 17.5 Å². The van der Waals surface area contributed by atoms with Gasteiger partial charge in [-0.15, -0.1) is 0 Å². The monoisotopic (exact) mass is 310 g/mol. The Morgan fingerprint density at radius 1 is 1.13 bits per heavy atom. The van der Waals surface area contributed by atoms with Crippen LogP contribution in [-0.2, 0) is 11.8 Å². The molecule has 0 radical (unpaired) electrons. The Bertz CT molecular complexity index is 778. The predicted octanol–water partition coefficient (Wildman–Crippen LogP) is 3.68. The van der Waals surface area contributed by atoms with Crippen LogP contribution in [0.25, 0.3) is 0 Å². The summed E-state index contributed by atoms with van der Waals surface area (Å²) in [5, 5.41) is 21.5. The van der Waals surface area contributed by atoms with Crippen molar-refractivity contribution in [2.45, 2.75) is 37.7 Å². The maximum absolute atomic E-state index is 11.1. The Hall–Kier alpha value is -2.00. The van der Waals surface area contributed by atoms with Crippen LogP contribution < -0.4 is 4.74 Å². The Kier molecular flexibility index (Phi) is 3.01. The molecule has 2 aliphatic rings. The molecule has 2 N–H and O–H groups in total. The van der Waals surface area contributed by atoms with Gasteiger partial charge in [-0.1, -0.05) is 38.1 Å². The van der Waals surface area contributed by atoms with Crippen molar-refractivity contribution >= 4 is 0 Å². The largest absolute Gasteiger partial charge is 0.508 e. The lowest BCUT2D eigenvalue weighted by molar-refractivity contribution is 0.0899. The highest BCUT2D eigenvalue weighted by atomic mass is 16.5. The van der Waals surface area contributed by atoms with Gasteiger partial charge in [0.2, 0.25) is 0 Å². The lowest BCUT2D eigenvalue weighted by Crippen LogP contribution is -2.34. The van der Waals surface area contributed by atoms with Gasteiger partial charge in [0.05, 0.1) is 13.2 Å². The Morgan fingerprint density at radius 3 is 2.61 bits per heavy atom. The molecule has 0 bridgehead atoms. The Morgan fingerprint density at radius 2 is 1.87 bits per heavy atom. The molecule has 0 amide bonds. The molecule has 120 valence electrons. The van der Waals surface area contributed by atoms with Crippen molar-refractivity contribution in [2.75, 3.05) is 7.11 Å². The van der Waals surface area contributed by atoms with Crippen LogP contribution >= 0.6 is 0 Å². The fraction of sp³-hybridized carbons (Fsp3) is 0.400. The normalized spacial score (nSPS) is 27.0. The van der Waals surface area contributed by atoms with Crippen molar-refractivity contribution in [2.24, 2.45) is 5.92 Å². The first-order chi connectivity index (χ1) is 10.9. The van der Waals surface area contributed by atoms with Crippen LogP contribution in [0.4, 0.5) is 0 Å². The molecule has 0 unspecified atom stereocenters. The summed E-state index contributed by atoms with van der Waals surface area (Å²) in [7, 11) is 1.58. The van der Waals surface area contributed by atoms with E-state index in [1.165, 1.54) is 11.1 Å². The first-order valence-electron chi connectivity index (χ1n) is 8.12. The third kappa shape index (κ3) is 1.86.